The number of carboxylic acids is 1. The third-order valence-corrected chi connectivity index (χ3v) is 6.64. The van der Waals surface area contributed by atoms with Crippen molar-refractivity contribution < 1.29 is 37.1 Å². The number of anilines is 2. The minimum absolute atomic E-state index is 0.0309. The second-order valence-electron chi connectivity index (χ2n) is 9.55. The zero-order valence-electron chi connectivity index (χ0n) is 21.4. The summed E-state index contributed by atoms with van der Waals surface area (Å²) in [5.41, 5.74) is -1.41. The molecule has 1 saturated carbocycles. The molecule has 4 N–H and O–H groups in total. The van der Waals surface area contributed by atoms with E-state index in [4.69, 9.17) is 4.42 Å². The molecule has 4 rings (SSSR count). The minimum atomic E-state index is -4.92. The normalized spacial score (nSPS) is 14.5. The molecule has 0 radical (unpaired) electrons. The minimum Gasteiger partial charge on any atom is -0.481 e. The summed E-state index contributed by atoms with van der Waals surface area (Å²) in [6.45, 7) is 0.791. The van der Waals surface area contributed by atoms with Crippen molar-refractivity contribution in [1.29, 1.82) is 0 Å². The van der Waals surface area contributed by atoms with Gasteiger partial charge in [0, 0.05) is 25.1 Å². The number of carboxylic acid groups (broad SMARTS) is 1. The van der Waals surface area contributed by atoms with Crippen LogP contribution < -0.4 is 16.0 Å². The Hall–Kier alpha value is -4.42. The topological polar surface area (TPSA) is 146 Å². The number of aliphatic carboxylic acids is 1. The predicted octanol–water partition coefficient (Wildman–Crippen LogP) is 4.96. The van der Waals surface area contributed by atoms with Crippen LogP contribution in [0.3, 0.4) is 0 Å². The maximum absolute atomic E-state index is 13.5. The van der Waals surface area contributed by atoms with Crippen LogP contribution in [0, 0.1) is 5.41 Å². The fraction of sp³-hybridized carbons (Fsp3) is 0.370. The smallest absolute Gasteiger partial charge is 0.452 e. The standard InChI is InChI=1S/C27H28F3N5O5/c28-27(29,30)22-21(35-24(40-22)17-7-2-1-3-8-17)23(37)34-18-9-10-19(33-16-18)31-13-6-14-32-20(36)15-26(25(38)39)11-4-5-12-26/h1-3,7-10,16H,4-6,11-15H2,(H,31,33)(H,32,36)(H,34,37)(H,38,39). The van der Waals surface area contributed by atoms with Gasteiger partial charge in [0.15, 0.2) is 5.69 Å². The van der Waals surface area contributed by atoms with Crippen LogP contribution in [0.25, 0.3) is 11.5 Å². The van der Waals surface area contributed by atoms with Gasteiger partial charge >= 0.3 is 12.1 Å². The highest BCUT2D eigenvalue weighted by Crippen LogP contribution is 2.41. The molecule has 40 heavy (non-hydrogen) atoms. The first-order valence-corrected chi connectivity index (χ1v) is 12.7. The van der Waals surface area contributed by atoms with E-state index in [0.29, 0.717) is 43.7 Å². The number of halogens is 3. The highest BCUT2D eigenvalue weighted by atomic mass is 19.4. The predicted molar refractivity (Wildman–Crippen MR) is 138 cm³/mol. The number of hydrogen-bond donors (Lipinski definition) is 4. The number of rotatable bonds is 11. The van der Waals surface area contributed by atoms with Crippen molar-refractivity contribution in [1.82, 2.24) is 15.3 Å². The first-order valence-electron chi connectivity index (χ1n) is 12.7. The summed E-state index contributed by atoms with van der Waals surface area (Å²) in [5.74, 6) is -3.69. The van der Waals surface area contributed by atoms with Crippen LogP contribution in [0.4, 0.5) is 24.7 Å². The van der Waals surface area contributed by atoms with Crippen molar-refractivity contribution in [3.05, 3.63) is 60.1 Å². The van der Waals surface area contributed by atoms with E-state index in [1.54, 1.807) is 18.2 Å². The second kappa shape index (κ2) is 12.2. The zero-order chi connectivity index (χ0) is 28.8. The SMILES string of the molecule is O=C(CC1(C(=O)O)CCCC1)NCCCNc1ccc(NC(=O)c2nc(-c3ccccc3)oc2C(F)(F)F)cn1. The van der Waals surface area contributed by atoms with Gasteiger partial charge in [-0.25, -0.2) is 9.97 Å². The van der Waals surface area contributed by atoms with Crippen LogP contribution in [0.1, 0.15) is 54.8 Å². The van der Waals surface area contributed by atoms with E-state index in [-0.39, 0.29) is 23.9 Å². The van der Waals surface area contributed by atoms with Crippen LogP contribution in [-0.4, -0.2) is 45.9 Å². The lowest BCUT2D eigenvalue weighted by atomic mass is 9.82. The summed E-state index contributed by atoms with van der Waals surface area (Å²) in [4.78, 5) is 44.3. The maximum Gasteiger partial charge on any atom is 0.452 e. The van der Waals surface area contributed by atoms with Crippen molar-refractivity contribution in [2.24, 2.45) is 5.41 Å². The number of oxazole rings is 1. The highest BCUT2D eigenvalue weighted by molar-refractivity contribution is 6.04. The van der Waals surface area contributed by atoms with Crippen LogP contribution >= 0.6 is 0 Å². The van der Waals surface area contributed by atoms with E-state index in [2.05, 4.69) is 25.9 Å². The molecule has 0 aliphatic heterocycles. The number of hydrogen-bond acceptors (Lipinski definition) is 7. The van der Waals surface area contributed by atoms with E-state index in [9.17, 15) is 32.7 Å². The number of aromatic nitrogens is 2. The van der Waals surface area contributed by atoms with E-state index < -0.39 is 34.9 Å². The lowest BCUT2D eigenvalue weighted by molar-refractivity contribution is -0.153. The van der Waals surface area contributed by atoms with Gasteiger partial charge in [0.25, 0.3) is 5.91 Å². The van der Waals surface area contributed by atoms with Gasteiger partial charge in [-0.1, -0.05) is 31.0 Å². The number of pyridine rings is 1. The summed E-state index contributed by atoms with van der Waals surface area (Å²) in [7, 11) is 0. The van der Waals surface area contributed by atoms with Crippen LogP contribution in [0.5, 0.6) is 0 Å². The monoisotopic (exact) mass is 559 g/mol. The molecule has 0 atom stereocenters. The Morgan fingerprint density at radius 2 is 1.75 bits per heavy atom. The van der Waals surface area contributed by atoms with E-state index >= 15 is 0 Å². The largest absolute Gasteiger partial charge is 0.481 e. The Morgan fingerprint density at radius 3 is 2.38 bits per heavy atom. The molecule has 13 heteroatoms. The third kappa shape index (κ3) is 6.96. The summed E-state index contributed by atoms with van der Waals surface area (Å²) < 4.78 is 45.4. The summed E-state index contributed by atoms with van der Waals surface area (Å²) in [5, 5.41) is 17.6. The average molecular weight is 560 g/mol. The van der Waals surface area contributed by atoms with E-state index in [1.165, 1.54) is 30.5 Å². The average Bonchev–Trinajstić information content (AvgIpc) is 3.59. The molecule has 0 bridgehead atoms. The lowest BCUT2D eigenvalue weighted by Gasteiger charge is -2.22. The van der Waals surface area contributed by atoms with Crippen LogP contribution in [0.2, 0.25) is 0 Å². The second-order valence-corrected chi connectivity index (χ2v) is 9.55. The molecule has 0 spiro atoms. The lowest BCUT2D eigenvalue weighted by Crippen LogP contribution is -2.36. The number of benzene rings is 1. The number of carbonyl (C=O) groups is 3. The molecule has 10 nitrogen and oxygen atoms in total. The van der Waals surface area contributed by atoms with Gasteiger partial charge in [-0.05, 0) is 43.5 Å². The number of carbonyl (C=O) groups excluding carboxylic acids is 2. The number of amides is 2. The van der Waals surface area contributed by atoms with Crippen molar-refractivity contribution in [3.8, 4) is 11.5 Å². The van der Waals surface area contributed by atoms with Crippen molar-refractivity contribution in [2.45, 2.75) is 44.7 Å². The van der Waals surface area contributed by atoms with Gasteiger partial charge in [0.2, 0.25) is 17.6 Å². The first kappa shape index (κ1) is 28.6. The van der Waals surface area contributed by atoms with E-state index in [0.717, 1.165) is 12.8 Å². The zero-order valence-corrected chi connectivity index (χ0v) is 21.4. The Bertz CT molecular complexity index is 1340. The highest BCUT2D eigenvalue weighted by Gasteiger charge is 2.43. The van der Waals surface area contributed by atoms with Gasteiger partial charge in [0.05, 0.1) is 17.3 Å². The molecular formula is C27H28F3N5O5. The van der Waals surface area contributed by atoms with Crippen LogP contribution in [0.15, 0.2) is 53.1 Å². The van der Waals surface area contributed by atoms with Crippen LogP contribution in [-0.2, 0) is 15.8 Å². The fourth-order valence-electron chi connectivity index (χ4n) is 4.55. The number of alkyl halides is 3. The molecule has 212 valence electrons. The fourth-order valence-corrected chi connectivity index (χ4v) is 4.55. The summed E-state index contributed by atoms with van der Waals surface area (Å²) in [6.07, 6.45) is -0.496. The molecule has 1 fully saturated rings. The molecule has 1 aliphatic carbocycles. The molecule has 1 aliphatic rings. The van der Waals surface area contributed by atoms with Gasteiger partial charge in [-0.3, -0.25) is 14.4 Å². The molecule has 2 amide bonds. The quantitative estimate of drug-likeness (QED) is 0.241. The molecular weight excluding hydrogens is 531 g/mol. The molecule has 0 saturated heterocycles. The Labute approximate surface area is 227 Å². The molecule has 3 aromatic rings. The maximum atomic E-state index is 13.5. The van der Waals surface area contributed by atoms with Gasteiger partial charge in [-0.2, -0.15) is 13.2 Å². The van der Waals surface area contributed by atoms with Crippen molar-refractivity contribution >= 4 is 29.3 Å². The molecule has 1 aromatic carbocycles. The van der Waals surface area contributed by atoms with Gasteiger partial charge < -0.3 is 25.5 Å². The molecule has 2 heterocycles. The molecule has 2 aromatic heterocycles. The first-order chi connectivity index (χ1) is 19.1. The number of nitrogens with zero attached hydrogens (tertiary/aromatic N) is 2. The van der Waals surface area contributed by atoms with Gasteiger partial charge in [-0.15, -0.1) is 0 Å². The summed E-state index contributed by atoms with van der Waals surface area (Å²) >= 11 is 0. The number of nitrogens with one attached hydrogen (secondary N) is 3. The molecule has 0 unspecified atom stereocenters. The third-order valence-electron chi connectivity index (χ3n) is 6.64. The van der Waals surface area contributed by atoms with Gasteiger partial charge in [0.1, 0.15) is 5.82 Å². The Balaban J connectivity index is 1.26. The van der Waals surface area contributed by atoms with Crippen molar-refractivity contribution in [2.75, 3.05) is 23.7 Å². The Morgan fingerprint density at radius 1 is 1.02 bits per heavy atom. The van der Waals surface area contributed by atoms with E-state index in [1.807, 2.05) is 0 Å². The summed E-state index contributed by atoms with van der Waals surface area (Å²) in [6, 6.07) is 10.9. The van der Waals surface area contributed by atoms with Crippen molar-refractivity contribution in [3.63, 3.8) is 0 Å². The Kier molecular flexibility index (Phi) is 8.70.